The van der Waals surface area contributed by atoms with Gasteiger partial charge in [0.1, 0.15) is 0 Å². The summed E-state index contributed by atoms with van der Waals surface area (Å²) in [6.07, 6.45) is 3.13. The van der Waals surface area contributed by atoms with Crippen molar-refractivity contribution in [2.75, 3.05) is 39.3 Å². The minimum atomic E-state index is -3.44. The van der Waals surface area contributed by atoms with E-state index in [2.05, 4.69) is 0 Å². The van der Waals surface area contributed by atoms with E-state index in [1.54, 1.807) is 38.4 Å². The second-order valence-electron chi connectivity index (χ2n) is 7.17. The van der Waals surface area contributed by atoms with Gasteiger partial charge < -0.3 is 9.80 Å². The minimum Gasteiger partial charge on any atom is -0.339 e. The maximum absolute atomic E-state index is 12.7. The van der Waals surface area contributed by atoms with Crippen molar-refractivity contribution in [1.29, 1.82) is 0 Å². The molecule has 1 aromatic rings. The maximum Gasteiger partial charge on any atom is 0.243 e. The fourth-order valence-electron chi connectivity index (χ4n) is 3.59. The van der Waals surface area contributed by atoms with Crippen LogP contribution >= 0.6 is 0 Å². The average Bonchev–Trinajstić information content (AvgIpc) is 2.69. The van der Waals surface area contributed by atoms with Crippen LogP contribution in [0, 0.1) is 0 Å². The van der Waals surface area contributed by atoms with Crippen LogP contribution in [0.5, 0.6) is 0 Å². The maximum atomic E-state index is 12.7. The van der Waals surface area contributed by atoms with Gasteiger partial charge >= 0.3 is 0 Å². The molecule has 2 aliphatic heterocycles. The molecule has 7 nitrogen and oxygen atoms in total. The van der Waals surface area contributed by atoms with E-state index < -0.39 is 10.0 Å². The molecule has 0 atom stereocenters. The van der Waals surface area contributed by atoms with Crippen molar-refractivity contribution < 1.29 is 18.0 Å². The summed E-state index contributed by atoms with van der Waals surface area (Å²) in [5.74, 6) is 0.0393. The third kappa shape index (κ3) is 4.68. The summed E-state index contributed by atoms with van der Waals surface area (Å²) in [6, 6.07) is 6.64. The highest BCUT2D eigenvalue weighted by Gasteiger charge is 2.26. The number of carbonyl (C=O) groups is 2. The molecule has 2 saturated heterocycles. The van der Waals surface area contributed by atoms with Gasteiger partial charge in [-0.2, -0.15) is 4.31 Å². The molecule has 0 saturated carbocycles. The molecule has 2 aliphatic rings. The second kappa shape index (κ2) is 8.39. The fraction of sp³-hybridized carbons (Fsp3) is 0.579. The first-order valence-corrected chi connectivity index (χ1v) is 10.9. The number of piperazine rings is 1. The first kappa shape index (κ1) is 19.8. The molecule has 2 amide bonds. The molecule has 2 fully saturated rings. The molecule has 0 unspecified atom stereocenters. The third-order valence-corrected chi connectivity index (χ3v) is 7.22. The number of carbonyl (C=O) groups excluding carboxylic acids is 2. The van der Waals surface area contributed by atoms with Crippen LogP contribution < -0.4 is 0 Å². The van der Waals surface area contributed by atoms with Crippen molar-refractivity contribution in [3.63, 3.8) is 0 Å². The lowest BCUT2D eigenvalue weighted by molar-refractivity contribution is -0.138. The number of sulfonamides is 1. The van der Waals surface area contributed by atoms with Crippen molar-refractivity contribution in [2.45, 2.75) is 37.5 Å². The average molecular weight is 394 g/mol. The highest BCUT2D eigenvalue weighted by molar-refractivity contribution is 7.89. The lowest BCUT2D eigenvalue weighted by Crippen LogP contribution is -2.50. The van der Waals surface area contributed by atoms with Crippen LogP contribution in [0.3, 0.4) is 0 Å². The lowest BCUT2D eigenvalue weighted by Gasteiger charge is -2.34. The van der Waals surface area contributed by atoms with Gasteiger partial charge in [0, 0.05) is 46.2 Å². The molecule has 27 heavy (non-hydrogen) atoms. The molecule has 0 aromatic heterocycles. The van der Waals surface area contributed by atoms with Crippen molar-refractivity contribution in [3.8, 4) is 0 Å². The van der Waals surface area contributed by atoms with Gasteiger partial charge in [-0.3, -0.25) is 9.59 Å². The molecule has 0 aliphatic carbocycles. The van der Waals surface area contributed by atoms with E-state index in [0.717, 1.165) is 24.8 Å². The number of hydrogen-bond acceptors (Lipinski definition) is 4. The van der Waals surface area contributed by atoms with Crippen LogP contribution in [0.2, 0.25) is 0 Å². The Hall–Kier alpha value is -1.93. The molecule has 0 radical (unpaired) electrons. The largest absolute Gasteiger partial charge is 0.339 e. The highest BCUT2D eigenvalue weighted by Crippen LogP contribution is 2.21. The molecular formula is C19H27N3O4S. The number of nitrogens with zero attached hydrogens (tertiary/aromatic N) is 3. The molecule has 8 heteroatoms. The first-order valence-electron chi connectivity index (χ1n) is 9.50. The van der Waals surface area contributed by atoms with Crippen LogP contribution in [0.1, 0.15) is 31.7 Å². The van der Waals surface area contributed by atoms with E-state index in [9.17, 15) is 18.0 Å². The van der Waals surface area contributed by atoms with Crippen LogP contribution in [0.25, 0.3) is 0 Å². The van der Waals surface area contributed by atoms with E-state index in [0.29, 0.717) is 39.3 Å². The smallest absolute Gasteiger partial charge is 0.243 e. The third-order valence-electron chi connectivity index (χ3n) is 5.31. The van der Waals surface area contributed by atoms with Crippen molar-refractivity contribution in [1.82, 2.24) is 14.1 Å². The van der Waals surface area contributed by atoms with E-state index in [-0.39, 0.29) is 23.1 Å². The summed E-state index contributed by atoms with van der Waals surface area (Å²) in [7, 11) is -3.44. The van der Waals surface area contributed by atoms with Gasteiger partial charge in [0.25, 0.3) is 0 Å². The molecule has 148 valence electrons. The predicted octanol–water partition coefficient (Wildman–Crippen LogP) is 1.09. The summed E-state index contributed by atoms with van der Waals surface area (Å²) < 4.78 is 26.9. The monoisotopic (exact) mass is 393 g/mol. The van der Waals surface area contributed by atoms with E-state index >= 15 is 0 Å². The van der Waals surface area contributed by atoms with Gasteiger partial charge in [0.2, 0.25) is 21.8 Å². The Bertz CT molecular complexity index is 778. The zero-order valence-corrected chi connectivity index (χ0v) is 16.6. The molecule has 0 bridgehead atoms. The Balaban J connectivity index is 1.59. The van der Waals surface area contributed by atoms with Crippen LogP contribution in [0.15, 0.2) is 29.2 Å². The van der Waals surface area contributed by atoms with Gasteiger partial charge in [0.05, 0.1) is 11.3 Å². The molecule has 1 aromatic carbocycles. The van der Waals surface area contributed by atoms with Gasteiger partial charge in [-0.15, -0.1) is 0 Å². The van der Waals surface area contributed by atoms with Crippen molar-refractivity contribution in [3.05, 3.63) is 29.8 Å². The molecule has 0 N–H and O–H groups in total. The van der Waals surface area contributed by atoms with Crippen LogP contribution in [-0.2, 0) is 26.0 Å². The van der Waals surface area contributed by atoms with E-state index in [1.807, 2.05) is 0 Å². The summed E-state index contributed by atoms with van der Waals surface area (Å²) in [5.41, 5.74) is 0.798. The Labute approximate surface area is 161 Å². The first-order chi connectivity index (χ1) is 12.9. The van der Waals surface area contributed by atoms with E-state index in [1.165, 1.54) is 6.92 Å². The summed E-state index contributed by atoms with van der Waals surface area (Å²) >= 11 is 0. The Morgan fingerprint density at radius 1 is 0.852 bits per heavy atom. The SMILES string of the molecule is CC(=O)N1CCN(C(=O)Cc2ccc(S(=O)(=O)N3CCCCC3)cc2)CC1. The van der Waals surface area contributed by atoms with Gasteiger partial charge in [-0.25, -0.2) is 8.42 Å². The van der Waals surface area contributed by atoms with Crippen molar-refractivity contribution >= 4 is 21.8 Å². The van der Waals surface area contributed by atoms with Gasteiger partial charge in [0.15, 0.2) is 0 Å². The predicted molar refractivity (Wildman–Crippen MR) is 102 cm³/mol. The molecular weight excluding hydrogens is 366 g/mol. The minimum absolute atomic E-state index is 0.00448. The molecule has 2 heterocycles. The van der Waals surface area contributed by atoms with Gasteiger partial charge in [-0.1, -0.05) is 18.6 Å². The normalized spacial score (nSPS) is 19.1. The van der Waals surface area contributed by atoms with Gasteiger partial charge in [-0.05, 0) is 30.5 Å². The zero-order valence-electron chi connectivity index (χ0n) is 15.8. The molecule has 3 rings (SSSR count). The van der Waals surface area contributed by atoms with Crippen LogP contribution in [-0.4, -0.2) is 73.6 Å². The number of piperidine rings is 1. The topological polar surface area (TPSA) is 78.0 Å². The lowest BCUT2D eigenvalue weighted by atomic mass is 10.1. The number of rotatable bonds is 4. The number of hydrogen-bond donors (Lipinski definition) is 0. The molecule has 0 spiro atoms. The summed E-state index contributed by atoms with van der Waals surface area (Å²) in [6.45, 7) is 4.91. The van der Waals surface area contributed by atoms with Crippen LogP contribution in [0.4, 0.5) is 0 Å². The fourth-order valence-corrected chi connectivity index (χ4v) is 5.11. The van der Waals surface area contributed by atoms with Crippen molar-refractivity contribution in [2.24, 2.45) is 0 Å². The Morgan fingerprint density at radius 2 is 1.41 bits per heavy atom. The quantitative estimate of drug-likeness (QED) is 0.767. The summed E-state index contributed by atoms with van der Waals surface area (Å²) in [5, 5.41) is 0. The van der Waals surface area contributed by atoms with E-state index in [4.69, 9.17) is 0 Å². The number of amides is 2. The zero-order chi connectivity index (χ0) is 19.4. The summed E-state index contributed by atoms with van der Waals surface area (Å²) in [4.78, 5) is 27.6. The number of benzene rings is 1. The standard InChI is InChI=1S/C19H27N3O4S/c1-16(23)20-11-13-21(14-12-20)19(24)15-17-5-7-18(8-6-17)27(25,26)22-9-3-2-4-10-22/h5-8H,2-4,9-15H2,1H3. The Kier molecular flexibility index (Phi) is 6.16. The highest BCUT2D eigenvalue weighted by atomic mass is 32.2. The Morgan fingerprint density at radius 3 is 1.96 bits per heavy atom. The second-order valence-corrected chi connectivity index (χ2v) is 9.11.